The van der Waals surface area contributed by atoms with Gasteiger partial charge in [-0.3, -0.25) is 4.79 Å². The lowest BCUT2D eigenvalue weighted by Crippen LogP contribution is -2.43. The van der Waals surface area contributed by atoms with Crippen molar-refractivity contribution in [2.75, 3.05) is 13.7 Å². The maximum Gasteiger partial charge on any atom is 0.308 e. The predicted octanol–water partition coefficient (Wildman–Crippen LogP) is 0.474. The highest BCUT2D eigenvalue weighted by atomic mass is 16.5. The normalized spacial score (nSPS) is 27.1. The van der Waals surface area contributed by atoms with E-state index in [1.807, 2.05) is 0 Å². The molecule has 0 saturated carbocycles. The third-order valence-electron chi connectivity index (χ3n) is 2.65. The fraction of sp³-hybridized carbons (Fsp3) is 0.889. The molecule has 1 heterocycles. The molecule has 2 N–H and O–H groups in total. The van der Waals surface area contributed by atoms with Crippen molar-refractivity contribution in [2.24, 2.45) is 5.92 Å². The van der Waals surface area contributed by atoms with Crippen LogP contribution in [0.15, 0.2) is 0 Å². The van der Waals surface area contributed by atoms with E-state index >= 15 is 0 Å². The summed E-state index contributed by atoms with van der Waals surface area (Å²) in [5.74, 6) is -1.24. The second-order valence-corrected chi connectivity index (χ2v) is 3.53. The average molecular weight is 187 g/mol. The molecule has 0 aromatic rings. The summed E-state index contributed by atoms with van der Waals surface area (Å²) < 4.78 is 5.21. The Hall–Kier alpha value is -0.610. The summed E-state index contributed by atoms with van der Waals surface area (Å²) in [7, 11) is 1.57. The van der Waals surface area contributed by atoms with Gasteiger partial charge in [0.25, 0.3) is 0 Å². The third kappa shape index (κ3) is 2.42. The van der Waals surface area contributed by atoms with E-state index < -0.39 is 11.9 Å². The molecule has 3 atom stereocenters. The van der Waals surface area contributed by atoms with Gasteiger partial charge in [-0.05, 0) is 26.3 Å². The highest BCUT2D eigenvalue weighted by Gasteiger charge is 2.32. The molecule has 1 saturated heterocycles. The van der Waals surface area contributed by atoms with Crippen LogP contribution in [0.3, 0.4) is 0 Å². The van der Waals surface area contributed by atoms with Gasteiger partial charge in [0, 0.05) is 13.2 Å². The smallest absolute Gasteiger partial charge is 0.308 e. The van der Waals surface area contributed by atoms with Gasteiger partial charge in [0.15, 0.2) is 0 Å². The van der Waals surface area contributed by atoms with Gasteiger partial charge in [0.05, 0.1) is 12.0 Å². The molecule has 1 rings (SSSR count). The van der Waals surface area contributed by atoms with Crippen LogP contribution in [-0.2, 0) is 9.53 Å². The van der Waals surface area contributed by atoms with Crippen molar-refractivity contribution in [3.63, 3.8) is 0 Å². The minimum absolute atomic E-state index is 0.205. The van der Waals surface area contributed by atoms with Crippen molar-refractivity contribution in [2.45, 2.75) is 31.9 Å². The highest BCUT2D eigenvalue weighted by molar-refractivity contribution is 5.70. The summed E-state index contributed by atoms with van der Waals surface area (Å²) >= 11 is 0. The van der Waals surface area contributed by atoms with E-state index in [0.29, 0.717) is 0 Å². The minimum atomic E-state index is -0.791. The number of carboxylic acids is 1. The maximum atomic E-state index is 10.7. The Morgan fingerprint density at radius 1 is 1.69 bits per heavy atom. The van der Waals surface area contributed by atoms with Gasteiger partial charge in [-0.25, -0.2) is 0 Å². The Morgan fingerprint density at radius 3 is 2.77 bits per heavy atom. The lowest BCUT2D eigenvalue weighted by atomic mass is 9.97. The van der Waals surface area contributed by atoms with Crippen LogP contribution < -0.4 is 5.32 Å². The van der Waals surface area contributed by atoms with Crippen LogP contribution >= 0.6 is 0 Å². The number of ether oxygens (including phenoxy) is 1. The van der Waals surface area contributed by atoms with Crippen molar-refractivity contribution >= 4 is 5.97 Å². The Bertz CT molecular complexity index is 178. The molecule has 0 unspecified atom stereocenters. The number of carbonyl (C=O) groups is 1. The Balaban J connectivity index is 2.54. The zero-order chi connectivity index (χ0) is 9.84. The topological polar surface area (TPSA) is 58.6 Å². The number of methoxy groups -OCH3 is 1. The van der Waals surface area contributed by atoms with Crippen molar-refractivity contribution in [1.29, 1.82) is 0 Å². The number of rotatable bonds is 4. The van der Waals surface area contributed by atoms with Gasteiger partial charge in [-0.2, -0.15) is 0 Å². The van der Waals surface area contributed by atoms with Gasteiger partial charge in [0.2, 0.25) is 0 Å². The molecule has 0 spiro atoms. The third-order valence-corrected chi connectivity index (χ3v) is 2.65. The Kier molecular flexibility index (Phi) is 3.69. The summed E-state index contributed by atoms with van der Waals surface area (Å²) in [6.45, 7) is 2.66. The second-order valence-electron chi connectivity index (χ2n) is 3.53. The zero-order valence-corrected chi connectivity index (χ0v) is 8.12. The number of hydrogen-bond acceptors (Lipinski definition) is 3. The molecule has 1 aliphatic rings. The first kappa shape index (κ1) is 10.5. The van der Waals surface area contributed by atoms with Gasteiger partial charge in [-0.1, -0.05) is 0 Å². The van der Waals surface area contributed by atoms with Crippen molar-refractivity contribution < 1.29 is 14.6 Å². The van der Waals surface area contributed by atoms with Crippen LogP contribution in [0.1, 0.15) is 19.8 Å². The molecule has 0 bridgehead atoms. The monoisotopic (exact) mass is 187 g/mol. The fourth-order valence-corrected chi connectivity index (χ4v) is 1.85. The van der Waals surface area contributed by atoms with Crippen LogP contribution in [0.25, 0.3) is 0 Å². The number of hydrogen-bond donors (Lipinski definition) is 2. The van der Waals surface area contributed by atoms with Crippen molar-refractivity contribution in [1.82, 2.24) is 5.32 Å². The Morgan fingerprint density at radius 2 is 2.38 bits per heavy atom. The first-order valence-electron chi connectivity index (χ1n) is 4.65. The summed E-state index contributed by atoms with van der Waals surface area (Å²) in [6, 6.07) is 0.205. The maximum absolute atomic E-state index is 10.7. The molecule has 0 aromatic heterocycles. The van der Waals surface area contributed by atoms with Crippen molar-refractivity contribution in [3.05, 3.63) is 0 Å². The Labute approximate surface area is 78.3 Å². The number of carboxylic acid groups (broad SMARTS) is 1. The van der Waals surface area contributed by atoms with Crippen LogP contribution in [0.4, 0.5) is 0 Å². The van der Waals surface area contributed by atoms with E-state index in [-0.39, 0.29) is 12.1 Å². The lowest BCUT2D eigenvalue weighted by Gasteiger charge is -2.25. The highest BCUT2D eigenvalue weighted by Crippen LogP contribution is 2.18. The fourth-order valence-electron chi connectivity index (χ4n) is 1.85. The van der Waals surface area contributed by atoms with E-state index in [1.54, 1.807) is 14.0 Å². The van der Waals surface area contributed by atoms with Gasteiger partial charge in [-0.15, -0.1) is 0 Å². The molecule has 4 heteroatoms. The standard InChI is InChI=1S/C9H17NO3/c1-6(9(11)12)8(13-2)7-4-3-5-10-7/h6-8,10H,3-5H2,1-2H3,(H,11,12)/t6-,7+,8-/m0/s1. The van der Waals surface area contributed by atoms with E-state index in [4.69, 9.17) is 9.84 Å². The molecule has 0 aliphatic carbocycles. The van der Waals surface area contributed by atoms with Gasteiger partial charge in [0.1, 0.15) is 0 Å². The van der Waals surface area contributed by atoms with Gasteiger partial charge < -0.3 is 15.2 Å². The van der Waals surface area contributed by atoms with E-state index in [9.17, 15) is 4.79 Å². The molecule has 0 amide bonds. The first-order chi connectivity index (χ1) is 6.16. The number of aliphatic carboxylic acids is 1. The molecular weight excluding hydrogens is 170 g/mol. The lowest BCUT2D eigenvalue weighted by molar-refractivity contribution is -0.146. The van der Waals surface area contributed by atoms with Crippen LogP contribution in [0.5, 0.6) is 0 Å². The van der Waals surface area contributed by atoms with Crippen LogP contribution in [-0.4, -0.2) is 36.9 Å². The molecular formula is C9H17NO3. The largest absolute Gasteiger partial charge is 0.481 e. The first-order valence-corrected chi connectivity index (χ1v) is 4.65. The molecule has 0 radical (unpaired) electrons. The summed E-state index contributed by atoms with van der Waals surface area (Å²) in [5, 5.41) is 12.1. The van der Waals surface area contributed by atoms with E-state index in [1.165, 1.54) is 0 Å². The molecule has 0 aromatic carbocycles. The van der Waals surface area contributed by atoms with E-state index in [2.05, 4.69) is 5.32 Å². The number of nitrogens with one attached hydrogen (secondary N) is 1. The molecule has 76 valence electrons. The summed E-state index contributed by atoms with van der Waals surface area (Å²) in [6.07, 6.45) is 1.91. The molecule has 1 aliphatic heterocycles. The predicted molar refractivity (Wildman–Crippen MR) is 48.6 cm³/mol. The van der Waals surface area contributed by atoms with Gasteiger partial charge >= 0.3 is 5.97 Å². The van der Waals surface area contributed by atoms with Crippen molar-refractivity contribution in [3.8, 4) is 0 Å². The summed E-state index contributed by atoms with van der Waals surface area (Å²) in [5.41, 5.74) is 0. The quantitative estimate of drug-likeness (QED) is 0.672. The molecule has 1 fully saturated rings. The average Bonchev–Trinajstić information content (AvgIpc) is 2.58. The van der Waals surface area contributed by atoms with E-state index in [0.717, 1.165) is 19.4 Å². The van der Waals surface area contributed by atoms with Crippen LogP contribution in [0.2, 0.25) is 0 Å². The van der Waals surface area contributed by atoms with Crippen LogP contribution in [0, 0.1) is 5.92 Å². The molecule has 13 heavy (non-hydrogen) atoms. The molecule has 4 nitrogen and oxygen atoms in total. The summed E-state index contributed by atoms with van der Waals surface area (Å²) in [4.78, 5) is 10.7. The SMILES string of the molecule is CO[C@@H]([C@H](C)C(=O)O)[C@H]1CCCN1. The zero-order valence-electron chi connectivity index (χ0n) is 8.12. The minimum Gasteiger partial charge on any atom is -0.481 e. The second kappa shape index (κ2) is 4.58.